The van der Waals surface area contributed by atoms with Crippen molar-refractivity contribution in [1.82, 2.24) is 10.2 Å². The van der Waals surface area contributed by atoms with E-state index in [2.05, 4.69) is 45.1 Å². The molecule has 3 heteroatoms. The van der Waals surface area contributed by atoms with Crippen molar-refractivity contribution in [3.63, 3.8) is 0 Å². The van der Waals surface area contributed by atoms with E-state index >= 15 is 0 Å². The van der Waals surface area contributed by atoms with Gasteiger partial charge in [-0.25, -0.2) is 0 Å². The lowest BCUT2D eigenvalue weighted by atomic mass is 9.72. The van der Waals surface area contributed by atoms with Crippen molar-refractivity contribution < 1.29 is 5.11 Å². The Morgan fingerprint density at radius 2 is 2.00 bits per heavy atom. The molecule has 17 heavy (non-hydrogen) atoms. The van der Waals surface area contributed by atoms with Gasteiger partial charge in [-0.1, -0.05) is 13.8 Å². The first-order valence-corrected chi connectivity index (χ1v) is 6.97. The molecule has 0 aromatic heterocycles. The van der Waals surface area contributed by atoms with Crippen LogP contribution in [0.2, 0.25) is 0 Å². The van der Waals surface area contributed by atoms with Crippen LogP contribution in [0.4, 0.5) is 0 Å². The molecule has 0 amide bonds. The molecule has 0 bridgehead atoms. The van der Waals surface area contributed by atoms with E-state index in [-0.39, 0.29) is 12.6 Å². The third kappa shape index (κ3) is 3.94. The highest BCUT2D eigenvalue weighted by Crippen LogP contribution is 2.34. The SMILES string of the molecule is CNC1CC(C)CC(C)C1CN(C)C(C)CO. The van der Waals surface area contributed by atoms with Crippen molar-refractivity contribution in [3.05, 3.63) is 0 Å². The number of likely N-dealkylation sites (N-methyl/N-ethyl adjacent to an activating group) is 1. The first-order chi connectivity index (χ1) is 7.99. The van der Waals surface area contributed by atoms with Crippen LogP contribution >= 0.6 is 0 Å². The molecule has 1 fully saturated rings. The van der Waals surface area contributed by atoms with Crippen LogP contribution in [0.15, 0.2) is 0 Å². The van der Waals surface area contributed by atoms with E-state index in [1.807, 2.05) is 0 Å². The molecule has 3 nitrogen and oxygen atoms in total. The quantitative estimate of drug-likeness (QED) is 0.768. The molecule has 1 saturated carbocycles. The van der Waals surface area contributed by atoms with Crippen LogP contribution in [0, 0.1) is 17.8 Å². The zero-order valence-corrected chi connectivity index (χ0v) is 12.1. The van der Waals surface area contributed by atoms with Gasteiger partial charge in [0, 0.05) is 18.6 Å². The molecular formula is C14H30N2O. The average Bonchev–Trinajstić information content (AvgIpc) is 2.30. The number of aliphatic hydroxyl groups excluding tert-OH is 1. The molecule has 102 valence electrons. The second kappa shape index (κ2) is 6.72. The minimum Gasteiger partial charge on any atom is -0.395 e. The van der Waals surface area contributed by atoms with Crippen LogP contribution in [0.25, 0.3) is 0 Å². The number of nitrogens with one attached hydrogen (secondary N) is 1. The lowest BCUT2D eigenvalue weighted by molar-refractivity contribution is 0.0821. The molecule has 0 heterocycles. The summed E-state index contributed by atoms with van der Waals surface area (Å²) in [5.41, 5.74) is 0. The van der Waals surface area contributed by atoms with E-state index in [1.54, 1.807) is 0 Å². The average molecular weight is 242 g/mol. The topological polar surface area (TPSA) is 35.5 Å². The van der Waals surface area contributed by atoms with Crippen molar-refractivity contribution in [3.8, 4) is 0 Å². The zero-order chi connectivity index (χ0) is 13.0. The maximum absolute atomic E-state index is 9.21. The smallest absolute Gasteiger partial charge is 0.0584 e. The summed E-state index contributed by atoms with van der Waals surface area (Å²) >= 11 is 0. The second-order valence-corrected chi connectivity index (χ2v) is 6.08. The Morgan fingerprint density at radius 3 is 2.53 bits per heavy atom. The van der Waals surface area contributed by atoms with E-state index in [0.29, 0.717) is 12.0 Å². The summed E-state index contributed by atoms with van der Waals surface area (Å²) in [6.07, 6.45) is 2.62. The third-order valence-electron chi connectivity index (χ3n) is 4.56. The van der Waals surface area contributed by atoms with Crippen LogP contribution in [0.3, 0.4) is 0 Å². The van der Waals surface area contributed by atoms with Crippen molar-refractivity contribution in [2.45, 2.75) is 45.7 Å². The predicted molar refractivity (Wildman–Crippen MR) is 73.1 cm³/mol. The Bertz CT molecular complexity index is 222. The van der Waals surface area contributed by atoms with Gasteiger partial charge in [-0.2, -0.15) is 0 Å². The van der Waals surface area contributed by atoms with E-state index in [9.17, 15) is 5.11 Å². The molecule has 1 aliphatic carbocycles. The lowest BCUT2D eigenvalue weighted by Crippen LogP contribution is -2.49. The highest BCUT2D eigenvalue weighted by molar-refractivity contribution is 4.88. The molecule has 1 rings (SSSR count). The molecule has 0 saturated heterocycles. The number of nitrogens with zero attached hydrogens (tertiary/aromatic N) is 1. The molecule has 5 atom stereocenters. The van der Waals surface area contributed by atoms with Gasteiger partial charge in [0.05, 0.1) is 6.61 Å². The summed E-state index contributed by atoms with van der Waals surface area (Å²) in [5, 5.41) is 12.7. The van der Waals surface area contributed by atoms with Gasteiger partial charge < -0.3 is 15.3 Å². The van der Waals surface area contributed by atoms with E-state index < -0.39 is 0 Å². The minimum absolute atomic E-state index is 0.248. The van der Waals surface area contributed by atoms with Crippen LogP contribution in [0.1, 0.15) is 33.6 Å². The van der Waals surface area contributed by atoms with Gasteiger partial charge in [0.25, 0.3) is 0 Å². The molecule has 0 aromatic carbocycles. The summed E-state index contributed by atoms with van der Waals surface area (Å²) in [5.74, 6) is 2.30. The van der Waals surface area contributed by atoms with Gasteiger partial charge in [0.2, 0.25) is 0 Å². The fraction of sp³-hybridized carbons (Fsp3) is 1.00. The highest BCUT2D eigenvalue weighted by atomic mass is 16.3. The van der Waals surface area contributed by atoms with Gasteiger partial charge >= 0.3 is 0 Å². The normalized spacial score (nSPS) is 36.2. The zero-order valence-electron chi connectivity index (χ0n) is 12.1. The minimum atomic E-state index is 0.248. The Labute approximate surface area is 107 Å². The maximum Gasteiger partial charge on any atom is 0.0584 e. The standard InChI is InChI=1S/C14H30N2O/c1-10-6-11(2)13(14(7-10)15-4)8-16(5)12(3)9-17/h10-15,17H,6-9H2,1-5H3. The lowest BCUT2D eigenvalue weighted by Gasteiger charge is -2.42. The van der Waals surface area contributed by atoms with Gasteiger partial charge in [-0.05, 0) is 51.6 Å². The Morgan fingerprint density at radius 1 is 1.35 bits per heavy atom. The molecule has 2 N–H and O–H groups in total. The van der Waals surface area contributed by atoms with Crippen molar-refractivity contribution in [2.24, 2.45) is 17.8 Å². The van der Waals surface area contributed by atoms with Crippen LogP contribution in [-0.4, -0.2) is 49.3 Å². The molecule has 0 spiro atoms. The van der Waals surface area contributed by atoms with E-state index in [0.717, 1.165) is 18.4 Å². The Balaban J connectivity index is 2.59. The maximum atomic E-state index is 9.21. The molecule has 0 radical (unpaired) electrons. The number of rotatable bonds is 5. The highest BCUT2D eigenvalue weighted by Gasteiger charge is 2.34. The van der Waals surface area contributed by atoms with Crippen molar-refractivity contribution in [2.75, 3.05) is 27.2 Å². The summed E-state index contributed by atoms with van der Waals surface area (Å²) in [7, 11) is 4.20. The van der Waals surface area contributed by atoms with Gasteiger partial charge in [-0.3, -0.25) is 0 Å². The van der Waals surface area contributed by atoms with Crippen LogP contribution < -0.4 is 5.32 Å². The molecule has 5 unspecified atom stereocenters. The van der Waals surface area contributed by atoms with Crippen LogP contribution in [-0.2, 0) is 0 Å². The molecule has 1 aliphatic rings. The second-order valence-electron chi connectivity index (χ2n) is 6.08. The van der Waals surface area contributed by atoms with Crippen LogP contribution in [0.5, 0.6) is 0 Å². The summed E-state index contributed by atoms with van der Waals surface area (Å²) in [6, 6.07) is 0.890. The Hall–Kier alpha value is -0.120. The summed E-state index contributed by atoms with van der Waals surface area (Å²) < 4.78 is 0. The number of aliphatic hydroxyl groups is 1. The first kappa shape index (κ1) is 14.9. The van der Waals surface area contributed by atoms with Gasteiger partial charge in [0.1, 0.15) is 0 Å². The van der Waals surface area contributed by atoms with Crippen molar-refractivity contribution >= 4 is 0 Å². The number of hydrogen-bond acceptors (Lipinski definition) is 3. The summed E-state index contributed by atoms with van der Waals surface area (Å²) in [6.45, 7) is 8.16. The van der Waals surface area contributed by atoms with Gasteiger partial charge in [0.15, 0.2) is 0 Å². The molecular weight excluding hydrogens is 212 g/mol. The number of hydrogen-bond donors (Lipinski definition) is 2. The first-order valence-electron chi connectivity index (χ1n) is 6.97. The fourth-order valence-corrected chi connectivity index (χ4v) is 3.20. The monoisotopic (exact) mass is 242 g/mol. The van der Waals surface area contributed by atoms with E-state index in [4.69, 9.17) is 0 Å². The predicted octanol–water partition coefficient (Wildman–Crippen LogP) is 1.57. The fourth-order valence-electron chi connectivity index (χ4n) is 3.20. The summed E-state index contributed by atoms with van der Waals surface area (Å²) in [4.78, 5) is 2.29. The molecule has 0 aromatic rings. The van der Waals surface area contributed by atoms with Gasteiger partial charge in [-0.15, -0.1) is 0 Å². The third-order valence-corrected chi connectivity index (χ3v) is 4.56. The Kier molecular flexibility index (Phi) is 5.90. The van der Waals surface area contributed by atoms with E-state index in [1.165, 1.54) is 12.8 Å². The van der Waals surface area contributed by atoms with Crippen molar-refractivity contribution in [1.29, 1.82) is 0 Å². The molecule has 0 aliphatic heterocycles. The largest absolute Gasteiger partial charge is 0.395 e.